The Morgan fingerprint density at radius 3 is 1.82 bits per heavy atom. The van der Waals surface area contributed by atoms with E-state index >= 15 is 0 Å². The number of hydrogen-bond acceptors (Lipinski definition) is 1. The molecule has 0 bridgehead atoms. The van der Waals surface area contributed by atoms with Gasteiger partial charge in [-0.25, -0.2) is 13.2 Å². The van der Waals surface area contributed by atoms with E-state index in [-0.39, 0.29) is 10.8 Å². The largest absolute Gasteiger partial charge is 0.505 e. The van der Waals surface area contributed by atoms with Gasteiger partial charge in [0, 0.05) is 12.1 Å². The molecular weight excluding hydrogens is 164 g/mol. The van der Waals surface area contributed by atoms with Gasteiger partial charge in [-0.3, -0.25) is 4.70 Å². The van der Waals surface area contributed by atoms with Crippen molar-refractivity contribution in [1.29, 1.82) is 0 Å². The van der Waals surface area contributed by atoms with Gasteiger partial charge in [-0.05, 0) is 0 Å². The molecule has 5 heteroatoms. The monoisotopic (exact) mass is 168 g/mol. The minimum Gasteiger partial charge on any atom is -0.505 e. The van der Waals surface area contributed by atoms with E-state index in [0.717, 1.165) is 0 Å². The van der Waals surface area contributed by atoms with Crippen molar-refractivity contribution in [3.05, 3.63) is 29.6 Å². The first-order valence-corrected chi connectivity index (χ1v) is 2.45. The van der Waals surface area contributed by atoms with Crippen molar-refractivity contribution < 1.29 is 23.0 Å². The third kappa shape index (κ3) is 1.83. The van der Waals surface area contributed by atoms with Crippen molar-refractivity contribution in [1.82, 2.24) is 0 Å². The summed E-state index contributed by atoms with van der Waals surface area (Å²) in [6.07, 6.45) is 0. The maximum absolute atomic E-state index is 12.1. The molecule has 1 N–H and O–H groups in total. The normalized spacial score (nSPS) is 9.00. The Bertz CT molecular complexity index is 211. The molecule has 0 aromatic heterocycles. The predicted molar refractivity (Wildman–Crippen MR) is 30.5 cm³/mol. The van der Waals surface area contributed by atoms with Gasteiger partial charge >= 0.3 is 0 Å². The Labute approximate surface area is 59.5 Å². The summed E-state index contributed by atoms with van der Waals surface area (Å²) in [6, 6.07) is 0.662. The molecule has 62 valence electrons. The van der Waals surface area contributed by atoms with Crippen LogP contribution in [0.2, 0.25) is 0 Å². The highest BCUT2D eigenvalue weighted by Gasteiger charge is 2.07. The van der Waals surface area contributed by atoms with E-state index in [2.05, 4.69) is 0 Å². The number of halogens is 4. The van der Waals surface area contributed by atoms with Gasteiger partial charge in [-0.1, -0.05) is 0 Å². The summed E-state index contributed by atoms with van der Waals surface area (Å²) in [6.45, 7) is 0. The highest BCUT2D eigenvalue weighted by atomic mass is 19.2. The fourth-order valence-electron chi connectivity index (χ4n) is 0.512. The van der Waals surface area contributed by atoms with Crippen LogP contribution in [0, 0.1) is 17.5 Å². The highest BCUT2D eigenvalue weighted by Crippen LogP contribution is 2.18. The van der Waals surface area contributed by atoms with E-state index in [1.165, 1.54) is 0 Å². The minimum atomic E-state index is -1.31. The Hall–Kier alpha value is -1.26. The van der Waals surface area contributed by atoms with Gasteiger partial charge < -0.3 is 5.11 Å². The number of phenols is 1. The number of hydrogen-bond donors (Lipinski definition) is 1. The second-order valence-electron chi connectivity index (χ2n) is 1.72. The quantitative estimate of drug-likeness (QED) is 0.463. The van der Waals surface area contributed by atoms with Crippen LogP contribution in [-0.2, 0) is 0 Å². The lowest BCUT2D eigenvalue weighted by molar-refractivity contribution is 0.413. The van der Waals surface area contributed by atoms with Crippen molar-refractivity contribution in [2.75, 3.05) is 0 Å². The van der Waals surface area contributed by atoms with Gasteiger partial charge in [0.25, 0.3) is 0 Å². The molecule has 0 spiro atoms. The summed E-state index contributed by atoms with van der Waals surface area (Å²) in [7, 11) is 0. The average Bonchev–Trinajstić information content (AvgIpc) is 1.84. The SMILES string of the molecule is F.Oc1cc(F)c(F)cc1F. The molecule has 0 saturated heterocycles. The summed E-state index contributed by atoms with van der Waals surface area (Å²) in [5, 5.41) is 8.44. The van der Waals surface area contributed by atoms with Gasteiger partial charge in [-0.2, -0.15) is 0 Å². The number of aromatic hydroxyl groups is 1. The Morgan fingerprint density at radius 1 is 0.909 bits per heavy atom. The van der Waals surface area contributed by atoms with E-state index in [0.29, 0.717) is 6.07 Å². The number of phenolic OH excluding ortho intramolecular Hbond substituents is 1. The van der Waals surface area contributed by atoms with Crippen molar-refractivity contribution in [2.45, 2.75) is 0 Å². The molecule has 1 aromatic rings. The summed E-state index contributed by atoms with van der Waals surface area (Å²) < 4.78 is 36.2. The molecule has 0 atom stereocenters. The van der Waals surface area contributed by atoms with Crippen LogP contribution in [-0.4, -0.2) is 5.11 Å². The average molecular weight is 168 g/mol. The molecule has 1 aromatic carbocycles. The van der Waals surface area contributed by atoms with Crippen molar-refractivity contribution >= 4 is 0 Å². The summed E-state index contributed by atoms with van der Waals surface area (Å²) >= 11 is 0. The topological polar surface area (TPSA) is 20.2 Å². The zero-order valence-electron chi connectivity index (χ0n) is 5.14. The molecule has 0 heterocycles. The molecule has 0 saturated carbocycles. The number of rotatable bonds is 0. The van der Waals surface area contributed by atoms with Gasteiger partial charge in [0.1, 0.15) is 0 Å². The first-order valence-electron chi connectivity index (χ1n) is 2.45. The van der Waals surface area contributed by atoms with Crippen LogP contribution in [0.25, 0.3) is 0 Å². The van der Waals surface area contributed by atoms with E-state index in [1.807, 2.05) is 0 Å². The van der Waals surface area contributed by atoms with Crippen molar-refractivity contribution in [3.63, 3.8) is 0 Å². The summed E-state index contributed by atoms with van der Waals surface area (Å²) in [5.74, 6) is -4.63. The fraction of sp³-hybridized carbons (Fsp3) is 0. The molecule has 0 amide bonds. The van der Waals surface area contributed by atoms with Crippen LogP contribution in [0.15, 0.2) is 12.1 Å². The predicted octanol–water partition coefficient (Wildman–Crippen LogP) is 1.96. The fourth-order valence-corrected chi connectivity index (χ4v) is 0.512. The molecule has 0 radical (unpaired) electrons. The summed E-state index contributed by atoms with van der Waals surface area (Å²) in [5.41, 5.74) is 0. The van der Waals surface area contributed by atoms with E-state index in [4.69, 9.17) is 5.11 Å². The second kappa shape index (κ2) is 3.23. The maximum Gasteiger partial charge on any atom is 0.167 e. The second-order valence-corrected chi connectivity index (χ2v) is 1.72. The lowest BCUT2D eigenvalue weighted by atomic mass is 10.3. The molecule has 1 rings (SSSR count). The van der Waals surface area contributed by atoms with Crippen LogP contribution >= 0.6 is 0 Å². The molecule has 0 aliphatic rings. The number of benzene rings is 1. The molecule has 0 aliphatic heterocycles. The Balaban J connectivity index is 0.000001000. The van der Waals surface area contributed by atoms with Gasteiger partial charge in [-0.15, -0.1) is 0 Å². The van der Waals surface area contributed by atoms with Gasteiger partial charge in [0.05, 0.1) is 0 Å². The molecule has 1 nitrogen and oxygen atoms in total. The van der Waals surface area contributed by atoms with Crippen molar-refractivity contribution in [3.8, 4) is 5.75 Å². The first-order chi connectivity index (χ1) is 4.61. The van der Waals surface area contributed by atoms with Crippen LogP contribution in [0.1, 0.15) is 0 Å². The van der Waals surface area contributed by atoms with Crippen LogP contribution in [0.4, 0.5) is 17.9 Å². The van der Waals surface area contributed by atoms with Crippen LogP contribution < -0.4 is 0 Å². The van der Waals surface area contributed by atoms with Crippen LogP contribution in [0.5, 0.6) is 5.75 Å². The molecule has 0 fully saturated rings. The third-order valence-electron chi connectivity index (χ3n) is 0.990. The Kier molecular flexibility index (Phi) is 2.86. The van der Waals surface area contributed by atoms with E-state index in [1.54, 1.807) is 0 Å². The molecule has 11 heavy (non-hydrogen) atoms. The lowest BCUT2D eigenvalue weighted by Gasteiger charge is -1.94. The molecule has 0 aliphatic carbocycles. The summed E-state index contributed by atoms with van der Waals surface area (Å²) in [4.78, 5) is 0. The Morgan fingerprint density at radius 2 is 1.36 bits per heavy atom. The first kappa shape index (κ1) is 9.74. The van der Waals surface area contributed by atoms with E-state index < -0.39 is 23.2 Å². The van der Waals surface area contributed by atoms with Crippen molar-refractivity contribution in [2.24, 2.45) is 0 Å². The highest BCUT2D eigenvalue weighted by molar-refractivity contribution is 5.23. The van der Waals surface area contributed by atoms with Crippen LogP contribution in [0.3, 0.4) is 0 Å². The zero-order valence-corrected chi connectivity index (χ0v) is 5.14. The maximum atomic E-state index is 12.1. The van der Waals surface area contributed by atoms with E-state index in [9.17, 15) is 13.2 Å². The standard InChI is InChI=1S/C6H3F3O.FH/c7-3-1-5(9)6(10)2-4(3)8;/h1-2,10H;1H. The molecule has 0 unspecified atom stereocenters. The van der Waals surface area contributed by atoms with Gasteiger partial charge in [0.15, 0.2) is 23.2 Å². The molecular formula is C6H4F4O. The zero-order chi connectivity index (χ0) is 7.72. The lowest BCUT2D eigenvalue weighted by Crippen LogP contribution is -1.85. The van der Waals surface area contributed by atoms with Gasteiger partial charge in [0.2, 0.25) is 0 Å². The minimum absolute atomic E-state index is 0. The smallest absolute Gasteiger partial charge is 0.167 e. The third-order valence-corrected chi connectivity index (χ3v) is 0.990.